The molecule has 1 aromatic rings. The molecule has 0 radical (unpaired) electrons. The average Bonchev–Trinajstić information content (AvgIpc) is 2.31. The van der Waals surface area contributed by atoms with E-state index in [9.17, 15) is 0 Å². The quantitative estimate of drug-likeness (QED) is 0.783. The summed E-state index contributed by atoms with van der Waals surface area (Å²) in [6.07, 6.45) is 0. The Labute approximate surface area is 105 Å². The minimum atomic E-state index is 0.693. The number of benzene rings is 1. The molecule has 0 bridgehead atoms. The number of nitrogens with one attached hydrogen (secondary N) is 1. The van der Waals surface area contributed by atoms with E-state index in [-0.39, 0.29) is 0 Å². The molecule has 0 aliphatic rings. The average molecular weight is 235 g/mol. The molecule has 1 unspecified atom stereocenters. The van der Waals surface area contributed by atoms with Crippen molar-refractivity contribution >= 4 is 0 Å². The predicted octanol–water partition coefficient (Wildman–Crippen LogP) is 3.21. The molecule has 0 fully saturated rings. The Morgan fingerprint density at radius 2 is 1.65 bits per heavy atom. The Bertz CT molecular complexity index is 305. The molecule has 0 saturated heterocycles. The summed E-state index contributed by atoms with van der Waals surface area (Å²) in [6, 6.07) is 8.60. The van der Waals surface area contributed by atoms with Crippen LogP contribution in [0.15, 0.2) is 24.3 Å². The zero-order valence-corrected chi connectivity index (χ0v) is 11.5. The lowest BCUT2D eigenvalue weighted by atomic mass is 9.98. The number of ether oxygens (including phenoxy) is 1. The molecular weight excluding hydrogens is 210 g/mol. The Morgan fingerprint density at radius 1 is 1.06 bits per heavy atom. The van der Waals surface area contributed by atoms with E-state index in [4.69, 9.17) is 4.74 Å². The lowest BCUT2D eigenvalue weighted by Gasteiger charge is -2.16. The Balaban J connectivity index is 2.32. The topological polar surface area (TPSA) is 21.3 Å². The van der Waals surface area contributed by atoms with E-state index >= 15 is 0 Å². The van der Waals surface area contributed by atoms with E-state index in [1.54, 1.807) is 7.11 Å². The third kappa shape index (κ3) is 5.33. The Kier molecular flexibility index (Phi) is 6.23. The van der Waals surface area contributed by atoms with Gasteiger partial charge in [-0.15, -0.1) is 0 Å². The largest absolute Gasteiger partial charge is 0.380 e. The molecule has 1 rings (SSSR count). The normalized spacial score (nSPS) is 13.0. The number of methoxy groups -OCH3 is 1. The van der Waals surface area contributed by atoms with Gasteiger partial charge in [0, 0.05) is 13.7 Å². The van der Waals surface area contributed by atoms with Gasteiger partial charge < -0.3 is 10.1 Å². The molecule has 2 nitrogen and oxygen atoms in total. The molecule has 0 amide bonds. The maximum Gasteiger partial charge on any atom is 0.0713 e. The van der Waals surface area contributed by atoms with E-state index in [0.717, 1.165) is 24.9 Å². The maximum absolute atomic E-state index is 5.09. The van der Waals surface area contributed by atoms with Crippen molar-refractivity contribution in [2.24, 2.45) is 11.8 Å². The summed E-state index contributed by atoms with van der Waals surface area (Å²) in [4.78, 5) is 0. The first-order valence-corrected chi connectivity index (χ1v) is 6.41. The zero-order chi connectivity index (χ0) is 12.7. The van der Waals surface area contributed by atoms with Crippen LogP contribution in [-0.4, -0.2) is 13.7 Å². The molecule has 1 atom stereocenters. The van der Waals surface area contributed by atoms with Crippen LogP contribution in [0.25, 0.3) is 0 Å². The molecule has 1 aromatic carbocycles. The lowest BCUT2D eigenvalue weighted by Crippen LogP contribution is -2.23. The van der Waals surface area contributed by atoms with Crippen molar-refractivity contribution in [3.8, 4) is 0 Å². The smallest absolute Gasteiger partial charge is 0.0713 e. The van der Waals surface area contributed by atoms with Crippen molar-refractivity contribution in [2.45, 2.75) is 33.9 Å². The van der Waals surface area contributed by atoms with Gasteiger partial charge in [-0.3, -0.25) is 0 Å². The monoisotopic (exact) mass is 235 g/mol. The molecule has 0 aliphatic heterocycles. The molecule has 0 saturated carbocycles. The van der Waals surface area contributed by atoms with Crippen LogP contribution < -0.4 is 5.32 Å². The highest BCUT2D eigenvalue weighted by Gasteiger charge is 2.05. The molecule has 0 aromatic heterocycles. The molecule has 0 aliphatic carbocycles. The fraction of sp³-hybridized carbons (Fsp3) is 0.600. The van der Waals surface area contributed by atoms with E-state index in [0.29, 0.717) is 6.61 Å². The summed E-state index contributed by atoms with van der Waals surface area (Å²) < 4.78 is 5.09. The zero-order valence-electron chi connectivity index (χ0n) is 11.5. The Morgan fingerprint density at radius 3 is 2.18 bits per heavy atom. The summed E-state index contributed by atoms with van der Waals surface area (Å²) in [7, 11) is 1.72. The predicted molar refractivity (Wildman–Crippen MR) is 72.9 cm³/mol. The summed E-state index contributed by atoms with van der Waals surface area (Å²) in [5, 5.41) is 3.50. The number of rotatable bonds is 7. The van der Waals surface area contributed by atoms with Crippen LogP contribution in [0.1, 0.15) is 31.9 Å². The molecule has 0 heterocycles. The van der Waals surface area contributed by atoms with Gasteiger partial charge in [0.15, 0.2) is 0 Å². The van der Waals surface area contributed by atoms with Gasteiger partial charge in [-0.1, -0.05) is 45.0 Å². The second kappa shape index (κ2) is 7.46. The van der Waals surface area contributed by atoms with Crippen molar-refractivity contribution in [3.63, 3.8) is 0 Å². The minimum Gasteiger partial charge on any atom is -0.380 e. The maximum atomic E-state index is 5.09. The first-order valence-electron chi connectivity index (χ1n) is 6.41. The van der Waals surface area contributed by atoms with Gasteiger partial charge in [0.05, 0.1) is 6.61 Å². The summed E-state index contributed by atoms with van der Waals surface area (Å²) >= 11 is 0. The summed E-state index contributed by atoms with van der Waals surface area (Å²) in [5.41, 5.74) is 2.56. The van der Waals surface area contributed by atoms with Crippen molar-refractivity contribution in [1.82, 2.24) is 5.32 Å². The summed E-state index contributed by atoms with van der Waals surface area (Å²) in [5.74, 6) is 1.47. The van der Waals surface area contributed by atoms with Crippen LogP contribution in [0.3, 0.4) is 0 Å². The van der Waals surface area contributed by atoms with Crippen molar-refractivity contribution in [2.75, 3.05) is 13.7 Å². The second-order valence-corrected chi connectivity index (χ2v) is 5.10. The van der Waals surface area contributed by atoms with Crippen LogP contribution in [0.4, 0.5) is 0 Å². The fourth-order valence-corrected chi connectivity index (χ4v) is 1.60. The second-order valence-electron chi connectivity index (χ2n) is 5.10. The first-order chi connectivity index (χ1) is 8.13. The van der Waals surface area contributed by atoms with Gasteiger partial charge in [0.2, 0.25) is 0 Å². The van der Waals surface area contributed by atoms with Gasteiger partial charge in [-0.05, 0) is 29.5 Å². The molecule has 2 heteroatoms. The van der Waals surface area contributed by atoms with E-state index < -0.39 is 0 Å². The highest BCUT2D eigenvalue weighted by molar-refractivity contribution is 5.21. The molecule has 0 spiro atoms. The van der Waals surface area contributed by atoms with Crippen LogP contribution in [0.2, 0.25) is 0 Å². The molecule has 1 N–H and O–H groups in total. The van der Waals surface area contributed by atoms with E-state index in [1.807, 2.05) is 0 Å². The third-order valence-electron chi connectivity index (χ3n) is 3.27. The van der Waals surface area contributed by atoms with Gasteiger partial charge in [0.25, 0.3) is 0 Å². The summed E-state index contributed by atoms with van der Waals surface area (Å²) in [6.45, 7) is 9.55. The van der Waals surface area contributed by atoms with Gasteiger partial charge in [0.1, 0.15) is 0 Å². The van der Waals surface area contributed by atoms with Gasteiger partial charge in [-0.2, -0.15) is 0 Å². The molecular formula is C15H25NO. The third-order valence-corrected chi connectivity index (χ3v) is 3.27. The van der Waals surface area contributed by atoms with Gasteiger partial charge in [-0.25, -0.2) is 0 Å². The number of hydrogen-bond acceptors (Lipinski definition) is 2. The van der Waals surface area contributed by atoms with Gasteiger partial charge >= 0.3 is 0 Å². The van der Waals surface area contributed by atoms with Crippen LogP contribution in [0.5, 0.6) is 0 Å². The highest BCUT2D eigenvalue weighted by Crippen LogP contribution is 2.09. The lowest BCUT2D eigenvalue weighted by molar-refractivity contribution is 0.185. The van der Waals surface area contributed by atoms with Crippen LogP contribution in [0, 0.1) is 11.8 Å². The standard InChI is InChI=1S/C15H25NO/c1-12(2)13(3)9-16-10-14-5-7-15(8-6-14)11-17-4/h5-8,12-13,16H,9-11H2,1-4H3. The SMILES string of the molecule is COCc1ccc(CNCC(C)C(C)C)cc1. The Hall–Kier alpha value is -0.860. The van der Waals surface area contributed by atoms with E-state index in [2.05, 4.69) is 50.4 Å². The van der Waals surface area contributed by atoms with Crippen molar-refractivity contribution in [1.29, 1.82) is 0 Å². The molecule has 96 valence electrons. The van der Waals surface area contributed by atoms with Crippen LogP contribution >= 0.6 is 0 Å². The van der Waals surface area contributed by atoms with Crippen LogP contribution in [-0.2, 0) is 17.9 Å². The van der Waals surface area contributed by atoms with E-state index in [1.165, 1.54) is 11.1 Å². The fourth-order valence-electron chi connectivity index (χ4n) is 1.60. The van der Waals surface area contributed by atoms with Crippen molar-refractivity contribution < 1.29 is 4.74 Å². The minimum absolute atomic E-state index is 0.693. The van der Waals surface area contributed by atoms with Crippen molar-refractivity contribution in [3.05, 3.63) is 35.4 Å². The molecule has 17 heavy (non-hydrogen) atoms. The highest BCUT2D eigenvalue weighted by atomic mass is 16.5. The number of hydrogen-bond donors (Lipinski definition) is 1. The first kappa shape index (κ1) is 14.2.